The van der Waals surface area contributed by atoms with Crippen LogP contribution in [-0.2, 0) is 14.8 Å². The first kappa shape index (κ1) is 17.9. The summed E-state index contributed by atoms with van der Waals surface area (Å²) in [5, 5.41) is 0. The lowest BCUT2D eigenvalue weighted by Crippen LogP contribution is -2.49. The fourth-order valence-electron chi connectivity index (χ4n) is 2.82. The number of nitrogens with two attached hydrogens (primary N) is 1. The number of hydrogen-bond acceptors (Lipinski definition) is 5. The Morgan fingerprint density at radius 1 is 1.17 bits per heavy atom. The van der Waals surface area contributed by atoms with Gasteiger partial charge >= 0.3 is 5.97 Å². The summed E-state index contributed by atoms with van der Waals surface area (Å²) in [6.45, 7) is 0.230. The maximum absolute atomic E-state index is 12.4. The van der Waals surface area contributed by atoms with E-state index >= 15 is 0 Å². The Balaban J connectivity index is 2.05. The van der Waals surface area contributed by atoms with Gasteiger partial charge in [-0.05, 0) is 37.1 Å². The number of nitrogens with one attached hydrogen (secondary N) is 1. The molecule has 0 spiro atoms. The summed E-state index contributed by atoms with van der Waals surface area (Å²) in [6, 6.07) is 5.66. The Labute approximate surface area is 137 Å². The van der Waals surface area contributed by atoms with Gasteiger partial charge < -0.3 is 10.5 Å². The van der Waals surface area contributed by atoms with Gasteiger partial charge in [-0.2, -0.15) is 0 Å². The van der Waals surface area contributed by atoms with Crippen molar-refractivity contribution in [3.05, 3.63) is 29.8 Å². The van der Waals surface area contributed by atoms with Gasteiger partial charge in [-0.1, -0.05) is 25.7 Å². The van der Waals surface area contributed by atoms with Crippen molar-refractivity contribution in [3.8, 4) is 0 Å². The fraction of sp³-hybridized carbons (Fsp3) is 0.562. The van der Waals surface area contributed by atoms with E-state index in [9.17, 15) is 13.2 Å². The predicted octanol–water partition coefficient (Wildman–Crippen LogP) is 1.80. The topological polar surface area (TPSA) is 98.5 Å². The Hall–Kier alpha value is -1.44. The second-order valence-electron chi connectivity index (χ2n) is 6.12. The number of ether oxygens (including phenoxy) is 1. The molecule has 23 heavy (non-hydrogen) atoms. The minimum Gasteiger partial charge on any atom is -0.465 e. The van der Waals surface area contributed by atoms with E-state index in [2.05, 4.69) is 9.46 Å². The zero-order valence-electron chi connectivity index (χ0n) is 13.4. The van der Waals surface area contributed by atoms with Crippen LogP contribution in [0.3, 0.4) is 0 Å². The molecule has 1 aliphatic carbocycles. The van der Waals surface area contributed by atoms with Crippen LogP contribution in [0.1, 0.15) is 48.9 Å². The Bertz CT molecular complexity index is 633. The molecule has 3 N–H and O–H groups in total. The van der Waals surface area contributed by atoms with Crippen LogP contribution in [0.2, 0.25) is 0 Å². The van der Waals surface area contributed by atoms with Gasteiger partial charge in [0.05, 0.1) is 17.6 Å². The second-order valence-corrected chi connectivity index (χ2v) is 7.88. The van der Waals surface area contributed by atoms with Crippen molar-refractivity contribution in [1.82, 2.24) is 4.72 Å². The number of sulfonamides is 1. The molecule has 0 aliphatic heterocycles. The molecule has 0 radical (unpaired) electrons. The van der Waals surface area contributed by atoms with Crippen molar-refractivity contribution in [3.63, 3.8) is 0 Å². The summed E-state index contributed by atoms with van der Waals surface area (Å²) in [4.78, 5) is 11.5. The standard InChI is InChI=1S/C16H24N2O4S/c1-22-15(19)13-6-8-14(9-7-13)23(20,21)18-12-16(17)10-4-2-3-5-11-16/h6-9,18H,2-5,10-12,17H2,1H3. The van der Waals surface area contributed by atoms with Crippen molar-refractivity contribution in [1.29, 1.82) is 0 Å². The molecule has 0 bridgehead atoms. The molecule has 1 fully saturated rings. The van der Waals surface area contributed by atoms with Crippen LogP contribution in [0.25, 0.3) is 0 Å². The highest BCUT2D eigenvalue weighted by Crippen LogP contribution is 2.24. The lowest BCUT2D eigenvalue weighted by molar-refractivity contribution is 0.0600. The Morgan fingerprint density at radius 2 is 1.74 bits per heavy atom. The van der Waals surface area contributed by atoms with E-state index in [0.29, 0.717) is 5.56 Å². The Morgan fingerprint density at radius 3 is 2.26 bits per heavy atom. The first-order valence-corrected chi connectivity index (χ1v) is 9.32. The van der Waals surface area contributed by atoms with Crippen LogP contribution in [0.5, 0.6) is 0 Å². The molecule has 1 saturated carbocycles. The first-order chi connectivity index (χ1) is 10.9. The van der Waals surface area contributed by atoms with E-state index in [1.807, 2.05) is 0 Å². The fourth-order valence-corrected chi connectivity index (χ4v) is 3.96. The zero-order valence-corrected chi connectivity index (χ0v) is 14.2. The Kier molecular flexibility index (Phi) is 5.78. The minimum absolute atomic E-state index is 0.113. The average Bonchev–Trinajstić information content (AvgIpc) is 2.78. The van der Waals surface area contributed by atoms with Crippen molar-refractivity contribution >= 4 is 16.0 Å². The van der Waals surface area contributed by atoms with Gasteiger partial charge in [-0.15, -0.1) is 0 Å². The van der Waals surface area contributed by atoms with Crippen LogP contribution in [0.4, 0.5) is 0 Å². The van der Waals surface area contributed by atoms with Gasteiger partial charge in [0.1, 0.15) is 0 Å². The summed E-state index contributed by atoms with van der Waals surface area (Å²) in [5.41, 5.74) is 6.17. The number of benzene rings is 1. The third-order valence-electron chi connectivity index (χ3n) is 4.30. The lowest BCUT2D eigenvalue weighted by Gasteiger charge is -2.28. The third-order valence-corrected chi connectivity index (χ3v) is 5.72. The average molecular weight is 340 g/mol. The van der Waals surface area contributed by atoms with Crippen molar-refractivity contribution in [2.75, 3.05) is 13.7 Å². The number of hydrogen-bond donors (Lipinski definition) is 2. The number of rotatable bonds is 5. The highest BCUT2D eigenvalue weighted by Gasteiger charge is 2.28. The first-order valence-electron chi connectivity index (χ1n) is 7.83. The van der Waals surface area contributed by atoms with E-state index in [4.69, 9.17) is 5.73 Å². The molecule has 1 aliphatic rings. The van der Waals surface area contributed by atoms with Crippen LogP contribution >= 0.6 is 0 Å². The third kappa shape index (κ3) is 4.76. The molecule has 0 aromatic heterocycles. The van der Waals surface area contributed by atoms with Gasteiger partial charge in [0.15, 0.2) is 0 Å². The van der Waals surface area contributed by atoms with Crippen LogP contribution in [0, 0.1) is 0 Å². The smallest absolute Gasteiger partial charge is 0.337 e. The highest BCUT2D eigenvalue weighted by molar-refractivity contribution is 7.89. The summed E-state index contributed by atoms with van der Waals surface area (Å²) in [7, 11) is -2.36. The van der Waals surface area contributed by atoms with Gasteiger partial charge in [0.25, 0.3) is 0 Å². The van der Waals surface area contributed by atoms with Crippen LogP contribution in [0.15, 0.2) is 29.2 Å². The van der Waals surface area contributed by atoms with E-state index < -0.39 is 21.5 Å². The predicted molar refractivity (Wildman–Crippen MR) is 87.6 cm³/mol. The minimum atomic E-state index is -3.64. The molecule has 6 nitrogen and oxygen atoms in total. The molecular weight excluding hydrogens is 316 g/mol. The lowest BCUT2D eigenvalue weighted by atomic mass is 9.92. The maximum atomic E-state index is 12.4. The SMILES string of the molecule is COC(=O)c1ccc(S(=O)(=O)NCC2(N)CCCCCC2)cc1. The van der Waals surface area contributed by atoms with Crippen LogP contribution in [-0.4, -0.2) is 33.6 Å². The molecule has 0 atom stereocenters. The largest absolute Gasteiger partial charge is 0.465 e. The van der Waals surface area contributed by atoms with E-state index in [1.165, 1.54) is 31.4 Å². The normalized spacial score (nSPS) is 18.2. The summed E-state index contributed by atoms with van der Waals surface area (Å²) >= 11 is 0. The molecule has 7 heteroatoms. The molecule has 128 valence electrons. The number of carbonyl (C=O) groups is 1. The quantitative estimate of drug-likeness (QED) is 0.629. The van der Waals surface area contributed by atoms with E-state index in [0.717, 1.165) is 38.5 Å². The van der Waals surface area contributed by atoms with Crippen molar-refractivity contribution < 1.29 is 17.9 Å². The zero-order chi connectivity index (χ0) is 16.9. The van der Waals surface area contributed by atoms with Gasteiger partial charge in [-0.25, -0.2) is 17.9 Å². The van der Waals surface area contributed by atoms with Crippen molar-refractivity contribution in [2.45, 2.75) is 49.0 Å². The van der Waals surface area contributed by atoms with Gasteiger partial charge in [-0.3, -0.25) is 0 Å². The molecule has 1 aromatic rings. The van der Waals surface area contributed by atoms with E-state index in [-0.39, 0.29) is 11.4 Å². The highest BCUT2D eigenvalue weighted by atomic mass is 32.2. The number of carbonyl (C=O) groups excluding carboxylic acids is 1. The van der Waals surface area contributed by atoms with Crippen molar-refractivity contribution in [2.24, 2.45) is 5.73 Å². The summed E-state index contributed by atoms with van der Waals surface area (Å²) in [6.07, 6.45) is 6.03. The van der Waals surface area contributed by atoms with Gasteiger partial charge in [0.2, 0.25) is 10.0 Å². The van der Waals surface area contributed by atoms with E-state index in [1.54, 1.807) is 0 Å². The summed E-state index contributed by atoms with van der Waals surface area (Å²) in [5.74, 6) is -0.499. The molecule has 0 unspecified atom stereocenters. The van der Waals surface area contributed by atoms with Gasteiger partial charge in [0, 0.05) is 12.1 Å². The maximum Gasteiger partial charge on any atom is 0.337 e. The molecule has 0 amide bonds. The molecule has 0 heterocycles. The van der Waals surface area contributed by atoms with Crippen LogP contribution < -0.4 is 10.5 Å². The summed E-state index contributed by atoms with van der Waals surface area (Å²) < 4.78 is 31.9. The molecule has 1 aromatic carbocycles. The molecule has 0 saturated heterocycles. The monoisotopic (exact) mass is 340 g/mol. The molecular formula is C16H24N2O4S. The number of methoxy groups -OCH3 is 1. The molecule has 2 rings (SSSR count). The second kappa shape index (κ2) is 7.42. The number of esters is 1.